The van der Waals surface area contributed by atoms with E-state index >= 15 is 0 Å². The Morgan fingerprint density at radius 3 is 3.08 bits per heavy atom. The van der Waals surface area contributed by atoms with E-state index in [1.165, 1.54) is 0 Å². The number of nitrogens with one attached hydrogen (secondary N) is 2. The van der Waals surface area contributed by atoms with Crippen LogP contribution >= 0.6 is 11.3 Å². The maximum Gasteiger partial charge on any atom is 0.272 e. The molecule has 6 nitrogen and oxygen atoms in total. The Bertz CT molecular complexity index is 721. The molecule has 0 spiro atoms. The maximum atomic E-state index is 12.8. The highest BCUT2D eigenvalue weighted by Crippen LogP contribution is 2.39. The van der Waals surface area contributed by atoms with Crippen LogP contribution in [-0.2, 0) is 13.0 Å². The zero-order valence-electron chi connectivity index (χ0n) is 13.7. The minimum atomic E-state index is -0.235. The Balaban J connectivity index is 1.55. The highest BCUT2D eigenvalue weighted by Gasteiger charge is 2.37. The molecule has 0 radical (unpaired) electrons. The van der Waals surface area contributed by atoms with Crippen molar-refractivity contribution in [3.8, 4) is 0 Å². The topological polar surface area (TPSA) is 81.2 Å². The number of carbonyl (C=O) groups excluding carboxylic acids is 1. The summed E-state index contributed by atoms with van der Waals surface area (Å²) in [4.78, 5) is 16.2. The third kappa shape index (κ3) is 2.87. The first-order chi connectivity index (χ1) is 11.6. The van der Waals surface area contributed by atoms with Crippen molar-refractivity contribution in [1.29, 1.82) is 0 Å². The lowest BCUT2D eigenvalue weighted by atomic mass is 9.76. The van der Waals surface area contributed by atoms with E-state index in [-0.39, 0.29) is 18.1 Å². The number of fused-ring (bicyclic) bond motifs is 1. The van der Waals surface area contributed by atoms with Gasteiger partial charge in [0.2, 0.25) is 0 Å². The standard InChI is InChI=1S/C17H22N4O2S/c1-21-5-4-13-12(9-21)16(20-19-13)17(23)18-15(10-7-11(22)8-10)14-3-2-6-24-14/h2-3,6,10-11,15,22H,4-5,7-9H2,1H3,(H,18,23)(H,19,20)/t10?,11?,15-/m1/s1. The van der Waals surface area contributed by atoms with E-state index in [1.54, 1.807) is 11.3 Å². The first-order valence-corrected chi connectivity index (χ1v) is 9.26. The summed E-state index contributed by atoms with van der Waals surface area (Å²) in [6.07, 6.45) is 2.14. The van der Waals surface area contributed by atoms with Crippen LogP contribution in [0.1, 0.15) is 45.5 Å². The highest BCUT2D eigenvalue weighted by atomic mass is 32.1. The largest absolute Gasteiger partial charge is 0.393 e. The molecule has 2 aliphatic rings. The lowest BCUT2D eigenvalue weighted by Crippen LogP contribution is -2.41. The van der Waals surface area contributed by atoms with Gasteiger partial charge in [0.05, 0.1) is 12.1 Å². The van der Waals surface area contributed by atoms with Crippen molar-refractivity contribution in [3.63, 3.8) is 0 Å². The number of carbonyl (C=O) groups is 1. The molecule has 128 valence electrons. The van der Waals surface area contributed by atoms with Crippen LogP contribution in [0.5, 0.6) is 0 Å². The second-order valence-electron chi connectivity index (χ2n) is 6.87. The predicted molar refractivity (Wildman–Crippen MR) is 91.9 cm³/mol. The van der Waals surface area contributed by atoms with Crippen molar-refractivity contribution in [2.24, 2.45) is 5.92 Å². The summed E-state index contributed by atoms with van der Waals surface area (Å²) in [5.41, 5.74) is 2.60. The van der Waals surface area contributed by atoms with E-state index in [1.807, 2.05) is 17.5 Å². The predicted octanol–water partition coefficient (Wildman–Crippen LogP) is 1.70. The van der Waals surface area contributed by atoms with E-state index in [2.05, 4.69) is 27.5 Å². The molecule has 1 amide bonds. The van der Waals surface area contributed by atoms with Crippen molar-refractivity contribution in [3.05, 3.63) is 39.3 Å². The number of aromatic nitrogens is 2. The normalized spacial score (nSPS) is 24.9. The molecule has 1 saturated carbocycles. The first-order valence-electron chi connectivity index (χ1n) is 8.39. The number of hydrogen-bond acceptors (Lipinski definition) is 5. The fraction of sp³-hybridized carbons (Fsp3) is 0.529. The third-order valence-electron chi connectivity index (χ3n) is 5.10. The summed E-state index contributed by atoms with van der Waals surface area (Å²) in [5.74, 6) is 0.169. The van der Waals surface area contributed by atoms with Crippen LogP contribution in [0.4, 0.5) is 0 Å². The minimum Gasteiger partial charge on any atom is -0.393 e. The van der Waals surface area contributed by atoms with Crippen molar-refractivity contribution in [1.82, 2.24) is 20.4 Å². The molecule has 1 atom stereocenters. The first kappa shape index (κ1) is 15.8. The van der Waals surface area contributed by atoms with Gasteiger partial charge in [-0.2, -0.15) is 5.10 Å². The van der Waals surface area contributed by atoms with Gasteiger partial charge >= 0.3 is 0 Å². The van der Waals surface area contributed by atoms with E-state index < -0.39 is 0 Å². The molecule has 0 aromatic carbocycles. The molecule has 1 fully saturated rings. The summed E-state index contributed by atoms with van der Waals surface area (Å²) >= 11 is 1.65. The summed E-state index contributed by atoms with van der Waals surface area (Å²) in [7, 11) is 2.06. The Kier molecular flexibility index (Phi) is 4.15. The zero-order valence-corrected chi connectivity index (χ0v) is 14.5. The number of aromatic amines is 1. The van der Waals surface area contributed by atoms with Crippen molar-refractivity contribution < 1.29 is 9.90 Å². The molecule has 24 heavy (non-hydrogen) atoms. The van der Waals surface area contributed by atoms with Gasteiger partial charge in [-0.15, -0.1) is 11.3 Å². The molecule has 1 aliphatic carbocycles. The lowest BCUT2D eigenvalue weighted by molar-refractivity contribution is 0.0240. The summed E-state index contributed by atoms with van der Waals surface area (Å²) in [6, 6.07) is 4.00. The molecular weight excluding hydrogens is 324 g/mol. The zero-order chi connectivity index (χ0) is 16.7. The van der Waals surface area contributed by atoms with E-state index in [4.69, 9.17) is 0 Å². The van der Waals surface area contributed by atoms with Crippen LogP contribution in [0, 0.1) is 5.92 Å². The monoisotopic (exact) mass is 346 g/mol. The second kappa shape index (κ2) is 6.31. The van der Waals surface area contributed by atoms with Gasteiger partial charge in [0.25, 0.3) is 5.91 Å². The average Bonchev–Trinajstić information content (AvgIpc) is 3.18. The fourth-order valence-electron chi connectivity index (χ4n) is 3.62. The molecule has 3 N–H and O–H groups in total. The number of aliphatic hydroxyl groups excluding tert-OH is 1. The van der Waals surface area contributed by atoms with Gasteiger partial charge in [-0.3, -0.25) is 9.89 Å². The Hall–Kier alpha value is -1.70. The number of amides is 1. The van der Waals surface area contributed by atoms with E-state index in [9.17, 15) is 9.90 Å². The second-order valence-corrected chi connectivity index (χ2v) is 7.85. The van der Waals surface area contributed by atoms with Crippen LogP contribution in [0.15, 0.2) is 17.5 Å². The number of thiophene rings is 1. The lowest BCUT2D eigenvalue weighted by Gasteiger charge is -2.37. The van der Waals surface area contributed by atoms with Crippen molar-refractivity contribution in [2.45, 2.75) is 38.0 Å². The van der Waals surface area contributed by atoms with E-state index in [0.717, 1.165) is 48.5 Å². The van der Waals surface area contributed by atoms with Crippen LogP contribution in [0.3, 0.4) is 0 Å². The third-order valence-corrected chi connectivity index (χ3v) is 6.05. The molecular formula is C17H22N4O2S. The molecule has 0 saturated heterocycles. The quantitative estimate of drug-likeness (QED) is 0.787. The van der Waals surface area contributed by atoms with Crippen LogP contribution in [-0.4, -0.2) is 45.8 Å². The van der Waals surface area contributed by atoms with Gasteiger partial charge in [0, 0.05) is 35.6 Å². The Morgan fingerprint density at radius 2 is 2.38 bits per heavy atom. The average molecular weight is 346 g/mol. The number of hydrogen-bond donors (Lipinski definition) is 3. The number of likely N-dealkylation sites (N-methyl/N-ethyl adjacent to an activating group) is 1. The number of nitrogens with zero attached hydrogens (tertiary/aromatic N) is 2. The molecule has 2 aromatic heterocycles. The van der Waals surface area contributed by atoms with E-state index in [0.29, 0.717) is 11.6 Å². The van der Waals surface area contributed by atoms with Crippen LogP contribution in [0.2, 0.25) is 0 Å². The summed E-state index contributed by atoms with van der Waals surface area (Å²) in [5, 5.41) is 22.1. The molecule has 2 aromatic rings. The number of aliphatic hydroxyl groups is 1. The van der Waals surface area contributed by atoms with Crippen LogP contribution in [0.25, 0.3) is 0 Å². The van der Waals surface area contributed by atoms with Crippen LogP contribution < -0.4 is 5.32 Å². The summed E-state index contributed by atoms with van der Waals surface area (Å²) in [6.45, 7) is 1.73. The SMILES string of the molecule is CN1CCc2[nH]nc(C(=O)N[C@@H](c3cccs3)C3CC(O)C3)c2C1. The molecule has 0 unspecified atom stereocenters. The van der Waals surface area contributed by atoms with Crippen molar-refractivity contribution in [2.75, 3.05) is 13.6 Å². The molecule has 1 aliphatic heterocycles. The summed E-state index contributed by atoms with van der Waals surface area (Å²) < 4.78 is 0. The number of H-pyrrole nitrogens is 1. The molecule has 3 heterocycles. The van der Waals surface area contributed by atoms with Gasteiger partial charge in [-0.1, -0.05) is 6.07 Å². The smallest absolute Gasteiger partial charge is 0.272 e. The van der Waals surface area contributed by atoms with Gasteiger partial charge in [-0.05, 0) is 37.3 Å². The molecule has 7 heteroatoms. The fourth-order valence-corrected chi connectivity index (χ4v) is 4.49. The highest BCUT2D eigenvalue weighted by molar-refractivity contribution is 7.10. The van der Waals surface area contributed by atoms with Gasteiger partial charge in [0.15, 0.2) is 5.69 Å². The van der Waals surface area contributed by atoms with Gasteiger partial charge < -0.3 is 15.3 Å². The Labute approximate surface area is 144 Å². The van der Waals surface area contributed by atoms with Gasteiger partial charge in [-0.25, -0.2) is 0 Å². The maximum absolute atomic E-state index is 12.8. The number of rotatable bonds is 4. The molecule has 4 rings (SSSR count). The Morgan fingerprint density at radius 1 is 1.54 bits per heavy atom. The van der Waals surface area contributed by atoms with Crippen molar-refractivity contribution >= 4 is 17.2 Å². The minimum absolute atomic E-state index is 0.0467. The molecule has 0 bridgehead atoms. The van der Waals surface area contributed by atoms with Gasteiger partial charge in [0.1, 0.15) is 0 Å².